The molecule has 2 atom stereocenters. The Kier molecular flexibility index (Phi) is 5.21. The van der Waals surface area contributed by atoms with Crippen LogP contribution in [0.5, 0.6) is 5.75 Å². The summed E-state index contributed by atoms with van der Waals surface area (Å²) in [5.41, 5.74) is 0.629. The molecule has 2 unspecified atom stereocenters. The number of hydrogen-bond acceptors (Lipinski definition) is 5. The molecule has 150 valence electrons. The molecule has 28 heavy (non-hydrogen) atoms. The molecule has 1 aromatic rings. The van der Waals surface area contributed by atoms with E-state index in [1.807, 2.05) is 23.1 Å². The molecule has 0 spiro atoms. The van der Waals surface area contributed by atoms with E-state index in [0.29, 0.717) is 37.6 Å². The van der Waals surface area contributed by atoms with E-state index in [1.54, 1.807) is 17.9 Å². The third-order valence-electron chi connectivity index (χ3n) is 5.68. The molecule has 8 nitrogen and oxygen atoms in total. The van der Waals surface area contributed by atoms with Crippen molar-refractivity contribution in [1.82, 2.24) is 15.1 Å². The Labute approximate surface area is 164 Å². The van der Waals surface area contributed by atoms with E-state index in [-0.39, 0.29) is 30.3 Å². The monoisotopic (exact) mass is 386 g/mol. The quantitative estimate of drug-likeness (QED) is 0.804. The van der Waals surface area contributed by atoms with Gasteiger partial charge >= 0.3 is 0 Å². The number of piperidine rings is 1. The van der Waals surface area contributed by atoms with Crippen LogP contribution in [0.4, 0.5) is 5.69 Å². The summed E-state index contributed by atoms with van der Waals surface area (Å²) in [7, 11) is 0. The van der Waals surface area contributed by atoms with Gasteiger partial charge in [-0.25, -0.2) is 0 Å². The number of fused-ring (bicyclic) bond motifs is 1. The van der Waals surface area contributed by atoms with Crippen molar-refractivity contribution in [2.24, 2.45) is 0 Å². The lowest BCUT2D eigenvalue weighted by Gasteiger charge is -2.41. The van der Waals surface area contributed by atoms with Crippen LogP contribution < -0.4 is 15.0 Å². The van der Waals surface area contributed by atoms with Gasteiger partial charge in [-0.3, -0.25) is 19.3 Å². The van der Waals surface area contributed by atoms with Gasteiger partial charge in [0.2, 0.25) is 11.8 Å². The lowest BCUT2D eigenvalue weighted by molar-refractivity contribution is -0.140. The third kappa shape index (κ3) is 3.56. The molecule has 3 amide bonds. The predicted octanol–water partition coefficient (Wildman–Crippen LogP) is 0.223. The van der Waals surface area contributed by atoms with Crippen LogP contribution >= 0.6 is 0 Å². The van der Waals surface area contributed by atoms with Crippen LogP contribution in [0, 0.1) is 0 Å². The number of piperazine rings is 1. The molecule has 0 aliphatic carbocycles. The van der Waals surface area contributed by atoms with Gasteiger partial charge < -0.3 is 19.9 Å². The molecule has 3 heterocycles. The van der Waals surface area contributed by atoms with Gasteiger partial charge in [0.15, 0.2) is 6.10 Å². The van der Waals surface area contributed by atoms with Crippen molar-refractivity contribution in [2.45, 2.75) is 31.9 Å². The second-order valence-electron chi connectivity index (χ2n) is 7.55. The predicted molar refractivity (Wildman–Crippen MR) is 103 cm³/mol. The lowest BCUT2D eigenvalue weighted by Crippen LogP contribution is -2.58. The molecule has 3 aliphatic rings. The first-order chi connectivity index (χ1) is 13.5. The summed E-state index contributed by atoms with van der Waals surface area (Å²) in [6, 6.07) is 7.34. The Balaban J connectivity index is 1.46. The number of hydrogen-bond donors (Lipinski definition) is 1. The van der Waals surface area contributed by atoms with Gasteiger partial charge in [-0.15, -0.1) is 0 Å². The number of nitrogens with zero attached hydrogens (tertiary/aromatic N) is 3. The molecule has 8 heteroatoms. The maximum Gasteiger partial charge on any atom is 0.268 e. The highest BCUT2D eigenvalue weighted by Crippen LogP contribution is 2.33. The molecule has 3 aliphatic heterocycles. The van der Waals surface area contributed by atoms with Crippen LogP contribution in [-0.4, -0.2) is 78.9 Å². The topological polar surface area (TPSA) is 82.2 Å². The molecular weight excluding hydrogens is 360 g/mol. The highest BCUT2D eigenvalue weighted by atomic mass is 16.5. The van der Waals surface area contributed by atoms with Crippen molar-refractivity contribution >= 4 is 23.4 Å². The van der Waals surface area contributed by atoms with Crippen molar-refractivity contribution in [2.75, 3.05) is 44.2 Å². The maximum atomic E-state index is 13.0. The SMILES string of the molecule is CC1Oc2ccccc2N(CC(=O)N2CCCC(N3CCNCC3=O)C2)C1=O. The summed E-state index contributed by atoms with van der Waals surface area (Å²) in [6.07, 6.45) is 1.15. The average Bonchev–Trinajstić information content (AvgIpc) is 2.71. The minimum absolute atomic E-state index is 0.00817. The number of carbonyl (C=O) groups is 3. The van der Waals surface area contributed by atoms with E-state index in [4.69, 9.17) is 4.74 Å². The summed E-state index contributed by atoms with van der Waals surface area (Å²) in [5.74, 6) is 0.407. The summed E-state index contributed by atoms with van der Waals surface area (Å²) in [6.45, 7) is 4.70. The van der Waals surface area contributed by atoms with E-state index in [0.717, 1.165) is 19.4 Å². The standard InChI is InChI=1S/C20H26N4O4/c1-14-20(27)24(16-6-2-3-7-17(16)28-14)13-19(26)22-9-4-5-15(12-22)23-10-8-21-11-18(23)25/h2-3,6-7,14-15,21H,4-5,8-13H2,1H3. The Morgan fingerprint density at radius 1 is 1.25 bits per heavy atom. The first kappa shape index (κ1) is 18.7. The van der Waals surface area contributed by atoms with E-state index in [2.05, 4.69) is 5.32 Å². The van der Waals surface area contributed by atoms with Crippen LogP contribution in [-0.2, 0) is 14.4 Å². The summed E-state index contributed by atoms with van der Waals surface area (Å²) < 4.78 is 5.64. The van der Waals surface area contributed by atoms with E-state index < -0.39 is 6.10 Å². The number of carbonyl (C=O) groups excluding carboxylic acids is 3. The largest absolute Gasteiger partial charge is 0.479 e. The van der Waals surface area contributed by atoms with Gasteiger partial charge in [-0.1, -0.05) is 12.1 Å². The maximum absolute atomic E-state index is 13.0. The van der Waals surface area contributed by atoms with Crippen LogP contribution in [0.25, 0.3) is 0 Å². The highest BCUT2D eigenvalue weighted by molar-refractivity contribution is 6.03. The van der Waals surface area contributed by atoms with Crippen LogP contribution in [0.3, 0.4) is 0 Å². The highest BCUT2D eigenvalue weighted by Gasteiger charge is 2.36. The zero-order valence-electron chi connectivity index (χ0n) is 16.1. The van der Waals surface area contributed by atoms with E-state index in [1.165, 1.54) is 4.90 Å². The van der Waals surface area contributed by atoms with Crippen molar-refractivity contribution in [3.8, 4) is 5.75 Å². The normalized spacial score (nSPS) is 25.4. The van der Waals surface area contributed by atoms with E-state index >= 15 is 0 Å². The second-order valence-corrected chi connectivity index (χ2v) is 7.55. The van der Waals surface area contributed by atoms with Crippen molar-refractivity contribution < 1.29 is 19.1 Å². The molecular formula is C20H26N4O4. The molecule has 2 fully saturated rings. The van der Waals surface area contributed by atoms with Crippen molar-refractivity contribution in [3.05, 3.63) is 24.3 Å². The van der Waals surface area contributed by atoms with Crippen LogP contribution in [0.2, 0.25) is 0 Å². The Morgan fingerprint density at radius 3 is 2.89 bits per heavy atom. The minimum atomic E-state index is -0.615. The zero-order valence-corrected chi connectivity index (χ0v) is 16.1. The summed E-state index contributed by atoms with van der Waals surface area (Å²) in [5, 5.41) is 3.08. The van der Waals surface area contributed by atoms with Crippen LogP contribution in [0.1, 0.15) is 19.8 Å². The van der Waals surface area contributed by atoms with Gasteiger partial charge in [-0.05, 0) is 31.9 Å². The molecule has 0 radical (unpaired) electrons. The van der Waals surface area contributed by atoms with Crippen LogP contribution in [0.15, 0.2) is 24.3 Å². The molecule has 1 N–H and O–H groups in total. The van der Waals surface area contributed by atoms with Crippen molar-refractivity contribution in [1.29, 1.82) is 0 Å². The van der Waals surface area contributed by atoms with Gasteiger partial charge in [0.05, 0.1) is 12.2 Å². The number of nitrogens with one attached hydrogen (secondary N) is 1. The fourth-order valence-corrected chi connectivity index (χ4v) is 4.20. The number of amides is 3. The number of anilines is 1. The molecule has 1 aromatic carbocycles. The summed E-state index contributed by atoms with van der Waals surface area (Å²) in [4.78, 5) is 43.0. The first-order valence-corrected chi connectivity index (χ1v) is 9.89. The Morgan fingerprint density at radius 2 is 2.07 bits per heavy atom. The average molecular weight is 386 g/mol. The summed E-state index contributed by atoms with van der Waals surface area (Å²) >= 11 is 0. The number of benzene rings is 1. The molecule has 2 saturated heterocycles. The Hall–Kier alpha value is -2.61. The molecule has 0 aromatic heterocycles. The minimum Gasteiger partial charge on any atom is -0.479 e. The fraction of sp³-hybridized carbons (Fsp3) is 0.550. The van der Waals surface area contributed by atoms with Gasteiger partial charge in [0.25, 0.3) is 5.91 Å². The first-order valence-electron chi connectivity index (χ1n) is 9.89. The molecule has 0 bridgehead atoms. The second kappa shape index (κ2) is 7.79. The fourth-order valence-electron chi connectivity index (χ4n) is 4.20. The number of para-hydroxylation sites is 2. The third-order valence-corrected chi connectivity index (χ3v) is 5.68. The number of likely N-dealkylation sites (tertiary alicyclic amines) is 1. The van der Waals surface area contributed by atoms with Crippen molar-refractivity contribution in [3.63, 3.8) is 0 Å². The van der Waals surface area contributed by atoms with Gasteiger partial charge in [0, 0.05) is 32.2 Å². The zero-order chi connectivity index (χ0) is 19.7. The van der Waals surface area contributed by atoms with E-state index in [9.17, 15) is 14.4 Å². The van der Waals surface area contributed by atoms with Gasteiger partial charge in [-0.2, -0.15) is 0 Å². The Bertz CT molecular complexity index is 783. The molecule has 0 saturated carbocycles. The number of ether oxygens (including phenoxy) is 1. The smallest absolute Gasteiger partial charge is 0.268 e. The van der Waals surface area contributed by atoms with Gasteiger partial charge in [0.1, 0.15) is 12.3 Å². The molecule has 4 rings (SSSR count). The number of rotatable bonds is 3. The lowest BCUT2D eigenvalue weighted by atomic mass is 10.0.